The van der Waals surface area contributed by atoms with Gasteiger partial charge >= 0.3 is 0 Å². The van der Waals surface area contributed by atoms with Crippen LogP contribution >= 0.6 is 23.1 Å². The molecule has 0 saturated carbocycles. The van der Waals surface area contributed by atoms with E-state index in [0.29, 0.717) is 35.5 Å². The molecule has 0 bridgehead atoms. The predicted octanol–water partition coefficient (Wildman–Crippen LogP) is 2.73. The maximum absolute atomic E-state index is 12.4. The summed E-state index contributed by atoms with van der Waals surface area (Å²) in [5, 5.41) is 14.5. The van der Waals surface area contributed by atoms with Crippen LogP contribution in [0.3, 0.4) is 0 Å². The van der Waals surface area contributed by atoms with E-state index in [-0.39, 0.29) is 11.2 Å². The highest BCUT2D eigenvalue weighted by molar-refractivity contribution is 8.02. The third-order valence-electron chi connectivity index (χ3n) is 3.29. The third kappa shape index (κ3) is 5.75. The number of benzene rings is 1. The molecule has 8 nitrogen and oxygen atoms in total. The van der Waals surface area contributed by atoms with Gasteiger partial charge in [-0.05, 0) is 19.1 Å². The quantitative estimate of drug-likeness (QED) is 0.466. The molecule has 1 atom stereocenters. The number of methoxy groups -OCH3 is 3. The fourth-order valence-corrected chi connectivity index (χ4v) is 3.87. The highest BCUT2D eigenvalue weighted by Gasteiger charge is 2.18. The van der Waals surface area contributed by atoms with Gasteiger partial charge in [0.1, 0.15) is 0 Å². The van der Waals surface area contributed by atoms with Crippen molar-refractivity contribution in [2.24, 2.45) is 0 Å². The van der Waals surface area contributed by atoms with E-state index in [2.05, 4.69) is 20.8 Å². The first-order valence-electron chi connectivity index (χ1n) is 7.83. The molecule has 0 aliphatic carbocycles. The molecule has 10 heteroatoms. The number of anilines is 2. The zero-order valence-electron chi connectivity index (χ0n) is 15.1. The number of aromatic nitrogens is 2. The number of carbonyl (C=O) groups is 1. The summed E-state index contributed by atoms with van der Waals surface area (Å²) in [4.78, 5) is 12.4. The van der Waals surface area contributed by atoms with E-state index in [1.165, 1.54) is 23.1 Å². The molecular weight excluding hydrogens is 376 g/mol. The summed E-state index contributed by atoms with van der Waals surface area (Å²) in [6.07, 6.45) is 0. The fourth-order valence-electron chi connectivity index (χ4n) is 1.95. The molecule has 0 unspecified atom stereocenters. The highest BCUT2D eigenvalue weighted by Crippen LogP contribution is 2.31. The van der Waals surface area contributed by atoms with Gasteiger partial charge in [-0.1, -0.05) is 23.1 Å². The lowest BCUT2D eigenvalue weighted by molar-refractivity contribution is -0.115. The van der Waals surface area contributed by atoms with Gasteiger partial charge in [-0.2, -0.15) is 0 Å². The lowest BCUT2D eigenvalue weighted by Gasteiger charge is -2.13. The average molecular weight is 399 g/mol. The third-order valence-corrected chi connectivity index (χ3v) is 5.35. The van der Waals surface area contributed by atoms with Crippen LogP contribution in [0.15, 0.2) is 22.5 Å². The summed E-state index contributed by atoms with van der Waals surface area (Å²) >= 11 is 2.76. The van der Waals surface area contributed by atoms with Crippen LogP contribution in [0, 0.1) is 0 Å². The molecule has 0 saturated heterocycles. The second-order valence-corrected chi connectivity index (χ2v) is 7.68. The Morgan fingerprint density at radius 2 is 2.00 bits per heavy atom. The summed E-state index contributed by atoms with van der Waals surface area (Å²) in [6, 6.07) is 5.23. The smallest absolute Gasteiger partial charge is 0.237 e. The van der Waals surface area contributed by atoms with E-state index in [1.54, 1.807) is 39.5 Å². The van der Waals surface area contributed by atoms with Crippen molar-refractivity contribution in [3.8, 4) is 11.5 Å². The number of hydrogen-bond acceptors (Lipinski definition) is 9. The van der Waals surface area contributed by atoms with E-state index in [0.717, 1.165) is 4.34 Å². The summed E-state index contributed by atoms with van der Waals surface area (Å²) in [6.45, 7) is 3.07. The highest BCUT2D eigenvalue weighted by atomic mass is 32.2. The van der Waals surface area contributed by atoms with Crippen molar-refractivity contribution in [2.75, 3.05) is 45.1 Å². The van der Waals surface area contributed by atoms with Crippen LogP contribution in [0.5, 0.6) is 11.5 Å². The molecule has 2 N–H and O–H groups in total. The molecule has 142 valence electrons. The molecule has 2 rings (SSSR count). The Hall–Kier alpha value is -2.04. The molecule has 0 fully saturated rings. The zero-order valence-corrected chi connectivity index (χ0v) is 16.7. The Morgan fingerprint density at radius 3 is 2.69 bits per heavy atom. The van der Waals surface area contributed by atoms with E-state index in [9.17, 15) is 4.79 Å². The van der Waals surface area contributed by atoms with Crippen molar-refractivity contribution < 1.29 is 19.0 Å². The number of hydrogen-bond donors (Lipinski definition) is 2. The number of amides is 1. The van der Waals surface area contributed by atoms with Crippen LogP contribution in [-0.2, 0) is 9.53 Å². The second kappa shape index (κ2) is 10.2. The normalized spacial score (nSPS) is 11.7. The van der Waals surface area contributed by atoms with Crippen molar-refractivity contribution >= 4 is 39.8 Å². The minimum atomic E-state index is -0.331. The Labute approximate surface area is 160 Å². The van der Waals surface area contributed by atoms with Crippen molar-refractivity contribution in [3.05, 3.63) is 18.2 Å². The number of rotatable bonds is 10. The lowest BCUT2D eigenvalue weighted by atomic mass is 10.2. The average Bonchev–Trinajstić information content (AvgIpc) is 3.09. The van der Waals surface area contributed by atoms with E-state index >= 15 is 0 Å². The molecule has 2 aromatic rings. The minimum absolute atomic E-state index is 0.133. The second-order valence-electron chi connectivity index (χ2n) is 5.11. The van der Waals surface area contributed by atoms with E-state index in [1.807, 2.05) is 6.92 Å². The molecular formula is C16H22N4O4S2. The molecule has 0 aliphatic rings. The van der Waals surface area contributed by atoms with E-state index in [4.69, 9.17) is 14.2 Å². The molecule has 1 aromatic heterocycles. The van der Waals surface area contributed by atoms with Gasteiger partial charge in [0.05, 0.1) is 26.1 Å². The van der Waals surface area contributed by atoms with Gasteiger partial charge < -0.3 is 24.8 Å². The van der Waals surface area contributed by atoms with Gasteiger partial charge in [0, 0.05) is 25.4 Å². The van der Waals surface area contributed by atoms with E-state index < -0.39 is 0 Å². The van der Waals surface area contributed by atoms with Gasteiger partial charge in [-0.15, -0.1) is 10.2 Å². The van der Waals surface area contributed by atoms with Crippen LogP contribution in [0.4, 0.5) is 10.8 Å². The number of carbonyl (C=O) groups excluding carboxylic acids is 1. The summed E-state index contributed by atoms with van der Waals surface area (Å²) in [5.41, 5.74) is 0.638. The molecule has 0 spiro atoms. The molecule has 1 aromatic carbocycles. The molecule has 0 radical (unpaired) electrons. The van der Waals surface area contributed by atoms with Crippen molar-refractivity contribution in [3.63, 3.8) is 0 Å². The zero-order chi connectivity index (χ0) is 18.9. The fraction of sp³-hybridized carbons (Fsp3) is 0.438. The molecule has 1 heterocycles. The maximum Gasteiger partial charge on any atom is 0.237 e. The maximum atomic E-state index is 12.4. The summed E-state index contributed by atoms with van der Waals surface area (Å²) < 4.78 is 16.1. The van der Waals surface area contributed by atoms with Crippen LogP contribution in [0.25, 0.3) is 0 Å². The van der Waals surface area contributed by atoms with Crippen LogP contribution in [-0.4, -0.2) is 55.8 Å². The first-order chi connectivity index (χ1) is 12.6. The van der Waals surface area contributed by atoms with Gasteiger partial charge in [0.25, 0.3) is 0 Å². The number of thioether (sulfide) groups is 1. The Bertz CT molecular complexity index is 726. The topological polar surface area (TPSA) is 94.6 Å². The van der Waals surface area contributed by atoms with Crippen molar-refractivity contribution in [1.29, 1.82) is 0 Å². The number of nitrogens with zero attached hydrogens (tertiary/aromatic N) is 2. The summed E-state index contributed by atoms with van der Waals surface area (Å²) in [7, 11) is 4.76. The molecule has 26 heavy (non-hydrogen) atoms. The number of ether oxygens (including phenoxy) is 3. The Balaban J connectivity index is 1.91. The number of nitrogens with one attached hydrogen (secondary N) is 2. The Morgan fingerprint density at radius 1 is 1.23 bits per heavy atom. The largest absolute Gasteiger partial charge is 0.493 e. The van der Waals surface area contributed by atoms with Crippen molar-refractivity contribution in [1.82, 2.24) is 10.2 Å². The predicted molar refractivity (Wildman–Crippen MR) is 104 cm³/mol. The van der Waals surface area contributed by atoms with Crippen molar-refractivity contribution in [2.45, 2.75) is 16.5 Å². The van der Waals surface area contributed by atoms with Gasteiger partial charge in [-0.3, -0.25) is 4.79 Å². The van der Waals surface area contributed by atoms with Gasteiger partial charge in [0.2, 0.25) is 11.0 Å². The lowest BCUT2D eigenvalue weighted by Crippen LogP contribution is -2.22. The molecule has 0 aliphatic heterocycles. The minimum Gasteiger partial charge on any atom is -0.493 e. The van der Waals surface area contributed by atoms with Crippen LogP contribution < -0.4 is 20.1 Å². The summed E-state index contributed by atoms with van der Waals surface area (Å²) in [5.74, 6) is 1.03. The van der Waals surface area contributed by atoms with Crippen LogP contribution in [0.1, 0.15) is 6.92 Å². The molecule has 1 amide bonds. The van der Waals surface area contributed by atoms with Gasteiger partial charge in [0.15, 0.2) is 15.8 Å². The standard InChI is InChI=1S/C16H22N4O4S2/c1-10(25-16-20-19-15(26-16)17-7-8-22-2)14(21)18-11-5-6-12(23-3)13(9-11)24-4/h5-6,9-10H,7-8H2,1-4H3,(H,17,19)(H,18,21)/t10-/m0/s1. The van der Waals surface area contributed by atoms with Crippen LogP contribution in [0.2, 0.25) is 0 Å². The monoisotopic (exact) mass is 398 g/mol. The first kappa shape index (κ1) is 20.3. The Kier molecular flexibility index (Phi) is 7.95. The first-order valence-corrected chi connectivity index (χ1v) is 9.52. The van der Waals surface area contributed by atoms with Gasteiger partial charge in [-0.25, -0.2) is 0 Å². The SMILES string of the molecule is COCCNc1nnc(S[C@@H](C)C(=O)Nc2ccc(OC)c(OC)c2)s1.